The van der Waals surface area contributed by atoms with Crippen molar-refractivity contribution in [3.63, 3.8) is 0 Å². The van der Waals surface area contributed by atoms with Crippen LogP contribution in [0.15, 0.2) is 35.5 Å². The maximum Gasteiger partial charge on any atom is 0.0138 e. The summed E-state index contributed by atoms with van der Waals surface area (Å²) in [6, 6.07) is 0. The minimum atomic E-state index is 1.02. The van der Waals surface area contributed by atoms with Crippen LogP contribution in [-0.2, 0) is 0 Å². The largest absolute Gasteiger partial charge is 0.0686 e. The smallest absolute Gasteiger partial charge is 0.0138 e. The monoisotopic (exact) mass is 102 g/mol. The molecule has 0 aliphatic heterocycles. The molecule has 2 aliphatic rings. The summed E-state index contributed by atoms with van der Waals surface area (Å²) in [5.41, 5.74) is 2.77. The average molecular weight is 102 g/mol. The molecule has 2 rings (SSSR count). The van der Waals surface area contributed by atoms with Crippen LogP contribution < -0.4 is 0 Å². The summed E-state index contributed by atoms with van der Waals surface area (Å²) in [6.45, 7) is 0. The van der Waals surface area contributed by atoms with Gasteiger partial charge in [0.05, 0.1) is 0 Å². The van der Waals surface area contributed by atoms with Crippen molar-refractivity contribution in [1.82, 2.24) is 0 Å². The highest BCUT2D eigenvalue weighted by Gasteiger charge is 2.10. The first-order valence-electron chi connectivity index (χ1n) is 2.78. The number of hydrogen-bond acceptors (Lipinski definition) is 0. The maximum atomic E-state index is 3.14. The van der Waals surface area contributed by atoms with Crippen LogP contribution in [0.5, 0.6) is 0 Å². The zero-order valence-electron chi connectivity index (χ0n) is 4.52. The third-order valence-electron chi connectivity index (χ3n) is 1.49. The highest BCUT2D eigenvalue weighted by Crippen LogP contribution is 2.28. The van der Waals surface area contributed by atoms with Gasteiger partial charge in [0.25, 0.3) is 0 Å². The van der Waals surface area contributed by atoms with E-state index >= 15 is 0 Å². The second kappa shape index (κ2) is 1.35. The van der Waals surface area contributed by atoms with Gasteiger partial charge in [0.2, 0.25) is 0 Å². The van der Waals surface area contributed by atoms with Gasteiger partial charge in [-0.1, -0.05) is 24.3 Å². The van der Waals surface area contributed by atoms with Crippen molar-refractivity contribution in [3.8, 4) is 0 Å². The van der Waals surface area contributed by atoms with Gasteiger partial charge in [-0.3, -0.25) is 0 Å². The van der Waals surface area contributed by atoms with E-state index in [1.807, 2.05) is 0 Å². The zero-order valence-corrected chi connectivity index (χ0v) is 4.52. The Labute approximate surface area is 49.2 Å². The van der Waals surface area contributed by atoms with Gasteiger partial charge in [-0.2, -0.15) is 0 Å². The summed E-state index contributed by atoms with van der Waals surface area (Å²) in [5, 5.41) is 0. The molecular weight excluding hydrogens is 96.1 g/mol. The van der Waals surface area contributed by atoms with Crippen molar-refractivity contribution >= 4 is 0 Å². The van der Waals surface area contributed by atoms with E-state index < -0.39 is 0 Å². The molecule has 0 aromatic carbocycles. The first-order chi connectivity index (χ1) is 3.97. The van der Waals surface area contributed by atoms with E-state index in [9.17, 15) is 0 Å². The third kappa shape index (κ3) is 0.401. The fourth-order valence-electron chi connectivity index (χ4n) is 1.04. The second-order valence-electron chi connectivity index (χ2n) is 2.03. The molecule has 0 amide bonds. The second-order valence-corrected chi connectivity index (χ2v) is 2.03. The molecule has 0 fully saturated rings. The van der Waals surface area contributed by atoms with Crippen molar-refractivity contribution < 1.29 is 0 Å². The molecule has 0 spiro atoms. The van der Waals surface area contributed by atoms with Crippen molar-refractivity contribution in [2.24, 2.45) is 0 Å². The van der Waals surface area contributed by atoms with Crippen molar-refractivity contribution in [3.05, 3.63) is 41.9 Å². The Kier molecular flexibility index (Phi) is 0.696. The van der Waals surface area contributed by atoms with Gasteiger partial charge in [-0.25, -0.2) is 0 Å². The number of allylic oxidation sites excluding steroid dienone is 6. The van der Waals surface area contributed by atoms with E-state index in [-0.39, 0.29) is 0 Å². The van der Waals surface area contributed by atoms with E-state index in [2.05, 4.69) is 30.7 Å². The molecule has 0 unspecified atom stereocenters. The molecule has 0 atom stereocenters. The van der Waals surface area contributed by atoms with Crippen LogP contribution in [0, 0.1) is 6.42 Å². The van der Waals surface area contributed by atoms with Crippen molar-refractivity contribution in [1.29, 1.82) is 0 Å². The molecule has 2 radical (unpaired) electrons. The van der Waals surface area contributed by atoms with Crippen LogP contribution in [-0.4, -0.2) is 0 Å². The van der Waals surface area contributed by atoms with Gasteiger partial charge in [0.1, 0.15) is 0 Å². The maximum absolute atomic E-state index is 3.14. The molecule has 0 heteroatoms. The Bertz CT molecular complexity index is 192. The summed E-state index contributed by atoms with van der Waals surface area (Å²) in [7, 11) is 0. The lowest BCUT2D eigenvalue weighted by Crippen LogP contribution is -1.69. The first-order valence-corrected chi connectivity index (χ1v) is 2.78. The van der Waals surface area contributed by atoms with Gasteiger partial charge < -0.3 is 0 Å². The molecular formula is C8H6. The summed E-state index contributed by atoms with van der Waals surface area (Å²) in [6.07, 6.45) is 12.6. The van der Waals surface area contributed by atoms with Gasteiger partial charge in [0, 0.05) is 6.42 Å². The lowest BCUT2D eigenvalue weighted by atomic mass is 10.2. The van der Waals surface area contributed by atoms with Gasteiger partial charge in [0.15, 0.2) is 0 Å². The van der Waals surface area contributed by atoms with Crippen LogP contribution in [0.1, 0.15) is 6.42 Å². The fraction of sp³-hybridized carbons (Fsp3) is 0.125. The molecule has 2 aliphatic carbocycles. The van der Waals surface area contributed by atoms with Gasteiger partial charge >= 0.3 is 0 Å². The fourth-order valence-corrected chi connectivity index (χ4v) is 1.04. The molecule has 0 nitrogen and oxygen atoms in total. The zero-order chi connectivity index (χ0) is 5.40. The average Bonchev–Trinajstić information content (AvgIpc) is 2.15. The molecule has 0 aromatic heterocycles. The number of rotatable bonds is 0. The van der Waals surface area contributed by atoms with Crippen molar-refractivity contribution in [2.45, 2.75) is 6.42 Å². The summed E-state index contributed by atoms with van der Waals surface area (Å²) in [4.78, 5) is 0. The Morgan fingerprint density at radius 1 is 1.50 bits per heavy atom. The predicted molar refractivity (Wildman–Crippen MR) is 33.2 cm³/mol. The molecule has 38 valence electrons. The normalized spacial score (nSPS) is 23.0. The molecule has 0 saturated carbocycles. The van der Waals surface area contributed by atoms with E-state index in [1.54, 1.807) is 0 Å². The van der Waals surface area contributed by atoms with Gasteiger partial charge in [-0.05, 0) is 17.6 Å². The van der Waals surface area contributed by atoms with E-state index in [4.69, 9.17) is 0 Å². The minimum Gasteiger partial charge on any atom is -0.0686 e. The predicted octanol–water partition coefficient (Wildman–Crippen LogP) is 1.89. The highest BCUT2D eigenvalue weighted by molar-refractivity contribution is 5.53. The minimum absolute atomic E-state index is 1.02. The lowest BCUT2D eigenvalue weighted by Gasteiger charge is -1.87. The Morgan fingerprint density at radius 3 is 3.38 bits per heavy atom. The molecule has 0 bridgehead atoms. The van der Waals surface area contributed by atoms with E-state index in [0.29, 0.717) is 0 Å². The highest BCUT2D eigenvalue weighted by atomic mass is 14.1. The summed E-state index contributed by atoms with van der Waals surface area (Å²) in [5.74, 6) is 0. The molecule has 0 heterocycles. The van der Waals surface area contributed by atoms with E-state index in [1.165, 1.54) is 11.1 Å². The number of fused-ring (bicyclic) bond motifs is 1. The molecule has 0 aromatic rings. The summed E-state index contributed by atoms with van der Waals surface area (Å²) < 4.78 is 0. The van der Waals surface area contributed by atoms with Crippen molar-refractivity contribution in [2.75, 3.05) is 0 Å². The van der Waals surface area contributed by atoms with Crippen LogP contribution in [0.4, 0.5) is 0 Å². The quantitative estimate of drug-likeness (QED) is 0.438. The summed E-state index contributed by atoms with van der Waals surface area (Å²) >= 11 is 0. The third-order valence-corrected chi connectivity index (χ3v) is 1.49. The van der Waals surface area contributed by atoms with E-state index in [0.717, 1.165) is 6.42 Å². The van der Waals surface area contributed by atoms with Crippen LogP contribution in [0.3, 0.4) is 0 Å². The van der Waals surface area contributed by atoms with Crippen LogP contribution in [0.2, 0.25) is 0 Å². The Morgan fingerprint density at radius 2 is 2.50 bits per heavy atom. The number of hydrogen-bond donors (Lipinski definition) is 0. The molecule has 0 saturated heterocycles. The Hall–Kier alpha value is -0.780. The Balaban J connectivity index is 2.49. The standard InChI is InChI=1S/C8H6/c1-3-7-5-2-6-8(7)4-1/h1,3-5H,6H2. The topological polar surface area (TPSA) is 0 Å². The lowest BCUT2D eigenvalue weighted by molar-refractivity contribution is 1.27. The van der Waals surface area contributed by atoms with Crippen LogP contribution >= 0.6 is 0 Å². The molecule has 8 heavy (non-hydrogen) atoms. The molecule has 0 N–H and O–H groups in total. The van der Waals surface area contributed by atoms with Crippen LogP contribution in [0.25, 0.3) is 0 Å². The first kappa shape index (κ1) is 4.13. The SMILES string of the molecule is [C]1C=C2C=CC=C2C1. The van der Waals surface area contributed by atoms with Gasteiger partial charge in [-0.15, -0.1) is 0 Å².